The van der Waals surface area contributed by atoms with Crippen molar-refractivity contribution >= 4 is 11.9 Å². The van der Waals surface area contributed by atoms with Gasteiger partial charge in [0.25, 0.3) is 5.91 Å². The minimum atomic E-state index is -0.858. The third-order valence-electron chi connectivity index (χ3n) is 7.89. The number of nitrogens with zero attached hydrogens (tertiary/aromatic N) is 1. The Morgan fingerprint density at radius 2 is 1.86 bits per heavy atom. The van der Waals surface area contributed by atoms with Crippen molar-refractivity contribution in [3.63, 3.8) is 0 Å². The number of methoxy groups -OCH3 is 1. The van der Waals surface area contributed by atoms with Gasteiger partial charge in [-0.05, 0) is 86.0 Å². The minimum absolute atomic E-state index is 0.0315. The van der Waals surface area contributed by atoms with Gasteiger partial charge in [-0.3, -0.25) is 9.69 Å². The van der Waals surface area contributed by atoms with Gasteiger partial charge < -0.3 is 14.8 Å². The molecule has 2 heterocycles. The number of nitrogens with one attached hydrogen (secondary N) is 1. The van der Waals surface area contributed by atoms with Crippen LogP contribution >= 0.6 is 0 Å². The van der Waals surface area contributed by atoms with E-state index in [0.29, 0.717) is 37.1 Å². The highest BCUT2D eigenvalue weighted by atomic mass is 19.1. The van der Waals surface area contributed by atoms with Crippen LogP contribution in [0.5, 0.6) is 0 Å². The first-order valence-corrected chi connectivity index (χ1v) is 12.9. The molecule has 1 N–H and O–H groups in total. The van der Waals surface area contributed by atoms with Crippen molar-refractivity contribution in [1.29, 1.82) is 0 Å². The summed E-state index contributed by atoms with van der Waals surface area (Å²) in [5.74, 6) is -0.198. The fourth-order valence-corrected chi connectivity index (χ4v) is 5.56. The number of rotatable bonds is 7. The Labute approximate surface area is 213 Å². The fraction of sp³-hybridized carbons (Fsp3) is 0.517. The maximum atomic E-state index is 13.3. The first kappa shape index (κ1) is 26.3. The lowest BCUT2D eigenvalue weighted by Crippen LogP contribution is -2.58. The highest BCUT2D eigenvalue weighted by Gasteiger charge is 2.46. The molecule has 0 radical (unpaired) electrons. The molecule has 4 rings (SSSR count). The molecular weight excluding hydrogens is 459 g/mol. The van der Waals surface area contributed by atoms with Crippen LogP contribution in [0.3, 0.4) is 0 Å². The Morgan fingerprint density at radius 3 is 2.47 bits per heavy atom. The van der Waals surface area contributed by atoms with Crippen LogP contribution in [0, 0.1) is 11.7 Å². The zero-order chi connectivity index (χ0) is 25.7. The molecule has 2 saturated heterocycles. The number of likely N-dealkylation sites (tertiary alicyclic amines) is 1. The molecule has 0 saturated carbocycles. The summed E-state index contributed by atoms with van der Waals surface area (Å²) in [6, 6.07) is 14.3. The lowest BCUT2D eigenvalue weighted by Gasteiger charge is -2.46. The maximum Gasteiger partial charge on any atom is 0.337 e. The van der Waals surface area contributed by atoms with Gasteiger partial charge in [0, 0.05) is 12.6 Å². The normalized spacial score (nSPS) is 23.4. The van der Waals surface area contributed by atoms with Gasteiger partial charge in [0.2, 0.25) is 0 Å². The molecule has 194 valence electrons. The molecule has 7 heteroatoms. The van der Waals surface area contributed by atoms with E-state index in [-0.39, 0.29) is 17.6 Å². The van der Waals surface area contributed by atoms with Gasteiger partial charge in [-0.1, -0.05) is 38.1 Å². The molecule has 0 aromatic heterocycles. The predicted molar refractivity (Wildman–Crippen MR) is 136 cm³/mol. The molecule has 2 aromatic carbocycles. The van der Waals surface area contributed by atoms with E-state index in [4.69, 9.17) is 9.47 Å². The molecule has 0 aliphatic carbocycles. The summed E-state index contributed by atoms with van der Waals surface area (Å²) >= 11 is 0. The molecule has 1 amide bonds. The largest absolute Gasteiger partial charge is 0.465 e. The second kappa shape index (κ2) is 11.5. The fourth-order valence-electron chi connectivity index (χ4n) is 5.56. The molecule has 6 nitrogen and oxygen atoms in total. The number of hydrogen-bond donors (Lipinski definition) is 1. The van der Waals surface area contributed by atoms with Crippen molar-refractivity contribution in [2.45, 2.75) is 63.6 Å². The number of ether oxygens (including phenoxy) is 2. The number of amides is 1. The molecule has 0 spiro atoms. The zero-order valence-corrected chi connectivity index (χ0v) is 21.5. The smallest absolute Gasteiger partial charge is 0.337 e. The summed E-state index contributed by atoms with van der Waals surface area (Å²) in [6.07, 6.45) is 3.66. The van der Waals surface area contributed by atoms with Crippen LogP contribution in [-0.2, 0) is 20.8 Å². The van der Waals surface area contributed by atoms with Gasteiger partial charge in [0.1, 0.15) is 11.4 Å². The highest BCUT2D eigenvalue weighted by Crippen LogP contribution is 2.36. The Hall–Kier alpha value is -2.77. The SMILES string of the molecule is COC(=O)c1cccc(CNC(=O)[C@@]2(C(C)C)CCC(N3CCC(c4ccc(F)cc4)CC3)CO2)c1. The highest BCUT2D eigenvalue weighted by molar-refractivity contribution is 5.89. The topological polar surface area (TPSA) is 67.9 Å². The van der Waals surface area contributed by atoms with Crippen LogP contribution in [0.25, 0.3) is 0 Å². The van der Waals surface area contributed by atoms with E-state index in [9.17, 15) is 14.0 Å². The average Bonchev–Trinajstić information content (AvgIpc) is 2.92. The average molecular weight is 497 g/mol. The predicted octanol–water partition coefficient (Wildman–Crippen LogP) is 4.68. The van der Waals surface area contributed by atoms with Crippen LogP contribution in [0.4, 0.5) is 4.39 Å². The van der Waals surface area contributed by atoms with E-state index in [1.807, 2.05) is 32.0 Å². The van der Waals surface area contributed by atoms with Crippen molar-refractivity contribution in [3.8, 4) is 0 Å². The number of halogens is 1. The van der Waals surface area contributed by atoms with E-state index < -0.39 is 11.6 Å². The molecule has 2 aliphatic rings. The number of piperidine rings is 1. The number of esters is 1. The molecule has 36 heavy (non-hydrogen) atoms. The molecular formula is C29H37FN2O4. The van der Waals surface area contributed by atoms with E-state index >= 15 is 0 Å². The summed E-state index contributed by atoms with van der Waals surface area (Å²) in [7, 11) is 1.35. The van der Waals surface area contributed by atoms with Gasteiger partial charge in [0.05, 0.1) is 19.3 Å². The Bertz CT molecular complexity index is 1040. The quantitative estimate of drug-likeness (QED) is 0.564. The summed E-state index contributed by atoms with van der Waals surface area (Å²) in [5, 5.41) is 3.04. The van der Waals surface area contributed by atoms with Gasteiger partial charge in [0.15, 0.2) is 0 Å². The lowest BCUT2D eigenvalue weighted by atomic mass is 9.80. The van der Waals surface area contributed by atoms with E-state index in [2.05, 4.69) is 10.2 Å². The molecule has 0 bridgehead atoms. The minimum Gasteiger partial charge on any atom is -0.465 e. The van der Waals surface area contributed by atoms with Crippen LogP contribution in [0.15, 0.2) is 48.5 Å². The van der Waals surface area contributed by atoms with Crippen LogP contribution < -0.4 is 5.32 Å². The standard InChI is InChI=1S/C29H37FN2O4/c1-20(2)29(28(34)31-18-21-5-4-6-24(17-21)27(33)35-3)14-11-26(19-36-29)32-15-12-23(13-16-32)22-7-9-25(30)10-8-22/h4-10,17,20,23,26H,11-16,18-19H2,1-3H3,(H,31,34)/t26?,29-/m0/s1. The van der Waals surface area contributed by atoms with Gasteiger partial charge in [-0.15, -0.1) is 0 Å². The summed E-state index contributed by atoms with van der Waals surface area (Å²) < 4.78 is 24.4. The first-order valence-electron chi connectivity index (χ1n) is 12.9. The van der Waals surface area contributed by atoms with Gasteiger partial charge in [-0.25, -0.2) is 9.18 Å². The monoisotopic (exact) mass is 496 g/mol. The Kier molecular flexibility index (Phi) is 8.42. The van der Waals surface area contributed by atoms with E-state index in [1.165, 1.54) is 12.7 Å². The van der Waals surface area contributed by atoms with Crippen LogP contribution in [0.1, 0.15) is 66.9 Å². The number of benzene rings is 2. The Balaban J connectivity index is 1.31. The zero-order valence-electron chi connectivity index (χ0n) is 21.5. The summed E-state index contributed by atoms with van der Waals surface area (Å²) in [4.78, 5) is 27.6. The van der Waals surface area contributed by atoms with Crippen molar-refractivity contribution in [2.75, 3.05) is 26.8 Å². The van der Waals surface area contributed by atoms with Crippen LogP contribution in [-0.4, -0.2) is 55.2 Å². The summed E-state index contributed by atoms with van der Waals surface area (Å²) in [6.45, 7) is 6.88. The molecule has 2 aromatic rings. The maximum absolute atomic E-state index is 13.3. The van der Waals surface area contributed by atoms with Crippen LogP contribution in [0.2, 0.25) is 0 Å². The summed E-state index contributed by atoms with van der Waals surface area (Å²) in [5.41, 5.74) is 1.65. The second-order valence-electron chi connectivity index (χ2n) is 10.3. The van der Waals surface area contributed by atoms with Crippen molar-refractivity contribution in [2.24, 2.45) is 5.92 Å². The van der Waals surface area contributed by atoms with Crippen molar-refractivity contribution in [3.05, 3.63) is 71.0 Å². The Morgan fingerprint density at radius 1 is 1.14 bits per heavy atom. The van der Waals surface area contributed by atoms with Crippen molar-refractivity contribution in [1.82, 2.24) is 10.2 Å². The lowest BCUT2D eigenvalue weighted by molar-refractivity contribution is -0.170. The van der Waals surface area contributed by atoms with Gasteiger partial charge >= 0.3 is 5.97 Å². The number of hydrogen-bond acceptors (Lipinski definition) is 5. The van der Waals surface area contributed by atoms with Gasteiger partial charge in [-0.2, -0.15) is 0 Å². The second-order valence-corrected chi connectivity index (χ2v) is 10.3. The molecule has 2 atom stereocenters. The third-order valence-corrected chi connectivity index (χ3v) is 7.89. The van der Waals surface area contributed by atoms with Crippen molar-refractivity contribution < 1.29 is 23.5 Å². The molecule has 2 fully saturated rings. The van der Waals surface area contributed by atoms with E-state index in [0.717, 1.165) is 37.9 Å². The molecule has 1 unspecified atom stereocenters. The van der Waals surface area contributed by atoms with E-state index in [1.54, 1.807) is 30.3 Å². The third kappa shape index (κ3) is 5.79. The first-order chi connectivity index (χ1) is 17.3. The molecule has 2 aliphatic heterocycles. The number of carbonyl (C=O) groups is 2. The number of carbonyl (C=O) groups excluding carboxylic acids is 2.